The molecular weight excluding hydrogens is 352 g/mol. The number of benzene rings is 1. The molecule has 0 spiro atoms. The van der Waals surface area contributed by atoms with E-state index in [1.165, 1.54) is 5.57 Å². The number of allylic oxidation sites excluding steroid dienone is 2. The Morgan fingerprint density at radius 3 is 2.71 bits per heavy atom. The van der Waals surface area contributed by atoms with Gasteiger partial charge in [0.2, 0.25) is 6.29 Å². The minimum Gasteiger partial charge on any atom is -0.491 e. The number of carbonyl (C=O) groups excluding carboxylic acids is 1. The Morgan fingerprint density at radius 2 is 2.04 bits per heavy atom. The second kappa shape index (κ2) is 9.02. The first-order chi connectivity index (χ1) is 13.4. The van der Waals surface area contributed by atoms with Crippen LogP contribution in [0.25, 0.3) is 0 Å². The Labute approximate surface area is 169 Å². The normalized spacial score (nSPS) is 21.6. The Balaban J connectivity index is 2.16. The lowest BCUT2D eigenvalue weighted by molar-refractivity contribution is -0.0498. The molecule has 0 aromatic heterocycles. The van der Waals surface area contributed by atoms with Crippen molar-refractivity contribution in [3.63, 3.8) is 0 Å². The van der Waals surface area contributed by atoms with Crippen LogP contribution in [-0.2, 0) is 11.2 Å². The summed E-state index contributed by atoms with van der Waals surface area (Å²) in [5.74, 6) is 1.48. The van der Waals surface area contributed by atoms with E-state index in [0.717, 1.165) is 61.8 Å². The lowest BCUT2D eigenvalue weighted by Crippen LogP contribution is -2.30. The monoisotopic (exact) mass is 386 g/mol. The minimum atomic E-state index is -0.579. The molecule has 1 heterocycles. The third-order valence-electron chi connectivity index (χ3n) is 5.48. The predicted octanol–water partition coefficient (Wildman–Crippen LogP) is 6.32. The smallest absolute Gasteiger partial charge is 0.345 e. The quantitative estimate of drug-likeness (QED) is 0.313. The number of hydrogen-bond donors (Lipinski definition) is 0. The van der Waals surface area contributed by atoms with Crippen LogP contribution in [0.4, 0.5) is 0 Å². The maximum atomic E-state index is 12.8. The van der Waals surface area contributed by atoms with E-state index >= 15 is 0 Å². The number of carbonyl (C=O) groups is 1. The van der Waals surface area contributed by atoms with Gasteiger partial charge in [0, 0.05) is 18.4 Å². The highest BCUT2D eigenvalue weighted by atomic mass is 16.7. The van der Waals surface area contributed by atoms with Gasteiger partial charge in [-0.15, -0.1) is 0 Å². The molecular formula is C24H34O4. The van der Waals surface area contributed by atoms with E-state index in [-0.39, 0.29) is 18.0 Å². The second-order valence-electron chi connectivity index (χ2n) is 8.38. The molecule has 1 unspecified atom stereocenters. The van der Waals surface area contributed by atoms with Gasteiger partial charge >= 0.3 is 5.97 Å². The third kappa shape index (κ3) is 4.53. The van der Waals surface area contributed by atoms with Crippen molar-refractivity contribution in [3.8, 4) is 11.5 Å². The van der Waals surface area contributed by atoms with Crippen LogP contribution in [0.1, 0.15) is 101 Å². The summed E-state index contributed by atoms with van der Waals surface area (Å²) in [6.45, 7) is 10.2. The van der Waals surface area contributed by atoms with Gasteiger partial charge in [-0.1, -0.05) is 31.4 Å². The number of ether oxygens (including phenoxy) is 3. The molecule has 1 aliphatic heterocycles. The summed E-state index contributed by atoms with van der Waals surface area (Å²) < 4.78 is 17.8. The van der Waals surface area contributed by atoms with Crippen LogP contribution >= 0.6 is 0 Å². The molecule has 0 N–H and O–H groups in total. The molecule has 4 nitrogen and oxygen atoms in total. The van der Waals surface area contributed by atoms with Gasteiger partial charge in [-0.2, -0.15) is 0 Å². The SMILES string of the molecule is CCCCCc1cc(OC(C)C)c([C@@H]2C=C(C)CCC2)c2c1C(=O)OC(C)O2. The van der Waals surface area contributed by atoms with Crippen LogP contribution in [0.3, 0.4) is 0 Å². The molecule has 0 amide bonds. The second-order valence-corrected chi connectivity index (χ2v) is 8.38. The van der Waals surface area contributed by atoms with Crippen molar-refractivity contribution in [2.75, 3.05) is 0 Å². The summed E-state index contributed by atoms with van der Waals surface area (Å²) in [5.41, 5.74) is 4.00. The number of hydrogen-bond acceptors (Lipinski definition) is 4. The fourth-order valence-corrected chi connectivity index (χ4v) is 4.25. The number of aryl methyl sites for hydroxylation is 1. The summed E-state index contributed by atoms with van der Waals surface area (Å²) in [5, 5.41) is 0. The number of unbranched alkanes of at least 4 members (excludes halogenated alkanes) is 2. The number of cyclic esters (lactones) is 1. The molecule has 0 fully saturated rings. The molecule has 3 rings (SSSR count). The third-order valence-corrected chi connectivity index (χ3v) is 5.48. The van der Waals surface area contributed by atoms with Crippen LogP contribution in [0.2, 0.25) is 0 Å². The van der Waals surface area contributed by atoms with Gasteiger partial charge in [0.15, 0.2) is 0 Å². The molecule has 1 aliphatic carbocycles. The van der Waals surface area contributed by atoms with Crippen molar-refractivity contribution in [1.82, 2.24) is 0 Å². The number of esters is 1. The first kappa shape index (κ1) is 20.8. The molecule has 1 aromatic rings. The van der Waals surface area contributed by atoms with Gasteiger partial charge in [0.1, 0.15) is 17.1 Å². The highest BCUT2D eigenvalue weighted by Gasteiger charge is 2.35. The van der Waals surface area contributed by atoms with Gasteiger partial charge < -0.3 is 14.2 Å². The zero-order chi connectivity index (χ0) is 20.3. The zero-order valence-electron chi connectivity index (χ0n) is 18.0. The standard InChI is InChI=1S/C24H34O4/c1-6-7-8-11-19-14-20(26-15(2)3)21(18-12-9-10-16(4)13-18)23-22(19)24(25)28-17(5)27-23/h13-15,17-18H,6-12H2,1-5H3/t17?,18-/m0/s1. The van der Waals surface area contributed by atoms with Crippen molar-refractivity contribution in [2.24, 2.45) is 0 Å². The maximum Gasteiger partial charge on any atom is 0.345 e. The van der Waals surface area contributed by atoms with Crippen molar-refractivity contribution in [1.29, 1.82) is 0 Å². The van der Waals surface area contributed by atoms with E-state index in [9.17, 15) is 4.79 Å². The van der Waals surface area contributed by atoms with Gasteiger partial charge in [0.25, 0.3) is 0 Å². The first-order valence-corrected chi connectivity index (χ1v) is 10.8. The minimum absolute atomic E-state index is 0.0573. The summed E-state index contributed by atoms with van der Waals surface area (Å²) in [6.07, 6.45) is 9.25. The predicted molar refractivity (Wildman–Crippen MR) is 111 cm³/mol. The molecule has 0 saturated carbocycles. The van der Waals surface area contributed by atoms with Crippen molar-refractivity contribution in [2.45, 2.75) is 97.9 Å². The molecule has 154 valence electrons. The molecule has 0 saturated heterocycles. The van der Waals surface area contributed by atoms with Crippen LogP contribution in [0.15, 0.2) is 17.7 Å². The fourth-order valence-electron chi connectivity index (χ4n) is 4.25. The van der Waals surface area contributed by atoms with E-state index < -0.39 is 6.29 Å². The zero-order valence-corrected chi connectivity index (χ0v) is 18.0. The van der Waals surface area contributed by atoms with Crippen LogP contribution in [0, 0.1) is 0 Å². The molecule has 1 aromatic carbocycles. The van der Waals surface area contributed by atoms with Crippen molar-refractivity contribution >= 4 is 5.97 Å². The van der Waals surface area contributed by atoms with Crippen LogP contribution in [0.5, 0.6) is 11.5 Å². The Morgan fingerprint density at radius 1 is 1.25 bits per heavy atom. The highest BCUT2D eigenvalue weighted by Crippen LogP contribution is 2.47. The molecule has 0 radical (unpaired) electrons. The maximum absolute atomic E-state index is 12.8. The fraction of sp³-hybridized carbons (Fsp3) is 0.625. The van der Waals surface area contributed by atoms with E-state index in [1.54, 1.807) is 6.92 Å². The number of fused-ring (bicyclic) bond motifs is 1. The molecule has 2 atom stereocenters. The van der Waals surface area contributed by atoms with E-state index in [0.29, 0.717) is 11.3 Å². The summed E-state index contributed by atoms with van der Waals surface area (Å²) >= 11 is 0. The lowest BCUT2D eigenvalue weighted by Gasteiger charge is -2.32. The molecule has 28 heavy (non-hydrogen) atoms. The summed E-state index contributed by atoms with van der Waals surface area (Å²) in [4.78, 5) is 12.8. The van der Waals surface area contributed by atoms with Gasteiger partial charge in [-0.05, 0) is 64.5 Å². The van der Waals surface area contributed by atoms with E-state index in [1.807, 2.05) is 13.8 Å². The Bertz CT molecular complexity index is 747. The Kier molecular flexibility index (Phi) is 6.69. The van der Waals surface area contributed by atoms with Gasteiger partial charge in [0.05, 0.1) is 6.10 Å². The summed E-state index contributed by atoms with van der Waals surface area (Å²) in [7, 11) is 0. The van der Waals surface area contributed by atoms with Gasteiger partial charge in [-0.3, -0.25) is 0 Å². The van der Waals surface area contributed by atoms with E-state index in [4.69, 9.17) is 14.2 Å². The van der Waals surface area contributed by atoms with Crippen molar-refractivity contribution < 1.29 is 19.0 Å². The largest absolute Gasteiger partial charge is 0.491 e. The average Bonchev–Trinajstić information content (AvgIpc) is 2.60. The van der Waals surface area contributed by atoms with Crippen LogP contribution < -0.4 is 9.47 Å². The molecule has 4 heteroatoms. The van der Waals surface area contributed by atoms with E-state index in [2.05, 4.69) is 26.0 Å². The Hall–Kier alpha value is -1.97. The molecule has 2 aliphatic rings. The lowest BCUT2D eigenvalue weighted by atomic mass is 9.83. The highest BCUT2D eigenvalue weighted by molar-refractivity contribution is 5.96. The van der Waals surface area contributed by atoms with Gasteiger partial charge in [-0.25, -0.2) is 4.79 Å². The summed E-state index contributed by atoms with van der Waals surface area (Å²) in [6, 6.07) is 2.07. The topological polar surface area (TPSA) is 44.8 Å². The van der Waals surface area contributed by atoms with Crippen molar-refractivity contribution in [3.05, 3.63) is 34.4 Å². The first-order valence-electron chi connectivity index (χ1n) is 10.8. The average molecular weight is 387 g/mol. The van der Waals surface area contributed by atoms with Crippen LogP contribution in [-0.4, -0.2) is 18.4 Å². The molecule has 0 bridgehead atoms. The number of rotatable bonds is 7.